The Labute approximate surface area is 72.4 Å². The van der Waals surface area contributed by atoms with Crippen LogP contribution in [0.1, 0.15) is 59.3 Å². The molecule has 67 valence electrons. The van der Waals surface area contributed by atoms with Gasteiger partial charge < -0.3 is 0 Å². The highest BCUT2D eigenvalue weighted by molar-refractivity contribution is 4.62. The maximum Gasteiger partial charge on any atom is -0.0389 e. The number of rotatable bonds is 7. The summed E-state index contributed by atoms with van der Waals surface area (Å²) < 4.78 is 0. The lowest BCUT2D eigenvalue weighted by Gasteiger charge is -2.08. The first kappa shape index (κ1) is 11.0. The maximum atomic E-state index is 2.39. The SMILES string of the molecule is CC[CH]CCCC(C)CCC. The first-order valence-corrected chi connectivity index (χ1v) is 5.12. The van der Waals surface area contributed by atoms with E-state index in [4.69, 9.17) is 0 Å². The summed E-state index contributed by atoms with van der Waals surface area (Å²) in [6.45, 7) is 6.86. The zero-order valence-electron chi connectivity index (χ0n) is 8.40. The summed E-state index contributed by atoms with van der Waals surface area (Å²) in [6.07, 6.45) is 10.5. The lowest BCUT2D eigenvalue weighted by molar-refractivity contribution is 0.467. The third kappa shape index (κ3) is 7.90. The zero-order valence-corrected chi connectivity index (χ0v) is 8.40. The molecule has 0 heteroatoms. The monoisotopic (exact) mass is 155 g/mol. The molecule has 0 bridgehead atoms. The Morgan fingerprint density at radius 1 is 1.18 bits per heavy atom. The van der Waals surface area contributed by atoms with E-state index in [1.807, 2.05) is 0 Å². The summed E-state index contributed by atoms with van der Waals surface area (Å²) >= 11 is 0. The van der Waals surface area contributed by atoms with Gasteiger partial charge in [-0.25, -0.2) is 0 Å². The third-order valence-electron chi connectivity index (χ3n) is 2.18. The van der Waals surface area contributed by atoms with Crippen molar-refractivity contribution in [3.8, 4) is 0 Å². The Balaban J connectivity index is 2.97. The minimum absolute atomic E-state index is 0.949. The third-order valence-corrected chi connectivity index (χ3v) is 2.18. The van der Waals surface area contributed by atoms with Gasteiger partial charge in [0.2, 0.25) is 0 Å². The smallest absolute Gasteiger partial charge is 0.0389 e. The fraction of sp³-hybridized carbons (Fsp3) is 0.909. The zero-order chi connectivity index (χ0) is 8.53. The lowest BCUT2D eigenvalue weighted by atomic mass is 9.98. The van der Waals surface area contributed by atoms with Crippen LogP contribution in [0.5, 0.6) is 0 Å². The molecule has 1 atom stereocenters. The van der Waals surface area contributed by atoms with Gasteiger partial charge in [-0.2, -0.15) is 0 Å². The van der Waals surface area contributed by atoms with Gasteiger partial charge in [0.15, 0.2) is 0 Å². The van der Waals surface area contributed by atoms with Crippen LogP contribution >= 0.6 is 0 Å². The van der Waals surface area contributed by atoms with Crippen molar-refractivity contribution in [2.75, 3.05) is 0 Å². The van der Waals surface area contributed by atoms with Gasteiger partial charge in [0, 0.05) is 0 Å². The average molecular weight is 155 g/mol. The normalized spacial score (nSPS) is 13.4. The van der Waals surface area contributed by atoms with Gasteiger partial charge in [0.25, 0.3) is 0 Å². The molecular weight excluding hydrogens is 132 g/mol. The Hall–Kier alpha value is 0. The molecule has 1 radical (unpaired) electrons. The number of unbranched alkanes of at least 4 members (excludes halogenated alkanes) is 3. The lowest BCUT2D eigenvalue weighted by Crippen LogP contribution is -1.93. The fourth-order valence-electron chi connectivity index (χ4n) is 1.45. The van der Waals surface area contributed by atoms with Crippen LogP contribution in [-0.4, -0.2) is 0 Å². The molecule has 1 unspecified atom stereocenters. The fourth-order valence-corrected chi connectivity index (χ4v) is 1.45. The van der Waals surface area contributed by atoms with E-state index >= 15 is 0 Å². The topological polar surface area (TPSA) is 0 Å². The second-order valence-corrected chi connectivity index (χ2v) is 3.52. The Morgan fingerprint density at radius 2 is 1.91 bits per heavy atom. The van der Waals surface area contributed by atoms with Crippen LogP contribution in [0.4, 0.5) is 0 Å². The molecule has 0 aliphatic rings. The summed E-state index contributed by atoms with van der Waals surface area (Å²) in [5.41, 5.74) is 0. The van der Waals surface area contributed by atoms with Crippen molar-refractivity contribution in [1.82, 2.24) is 0 Å². The second-order valence-electron chi connectivity index (χ2n) is 3.52. The molecule has 0 saturated heterocycles. The van der Waals surface area contributed by atoms with Crippen LogP contribution in [0.15, 0.2) is 0 Å². The molecule has 0 aromatic heterocycles. The van der Waals surface area contributed by atoms with Gasteiger partial charge in [-0.15, -0.1) is 0 Å². The van der Waals surface area contributed by atoms with Crippen molar-refractivity contribution in [2.45, 2.75) is 59.3 Å². The van der Waals surface area contributed by atoms with Crippen LogP contribution in [-0.2, 0) is 0 Å². The van der Waals surface area contributed by atoms with Gasteiger partial charge in [-0.1, -0.05) is 59.3 Å². The van der Waals surface area contributed by atoms with E-state index in [-0.39, 0.29) is 0 Å². The molecular formula is C11H23. The van der Waals surface area contributed by atoms with Gasteiger partial charge in [0.1, 0.15) is 0 Å². The van der Waals surface area contributed by atoms with E-state index in [9.17, 15) is 0 Å². The largest absolute Gasteiger partial charge is 0.0654 e. The minimum Gasteiger partial charge on any atom is -0.0654 e. The first-order valence-electron chi connectivity index (χ1n) is 5.12. The molecule has 0 rings (SSSR count). The molecule has 0 N–H and O–H groups in total. The van der Waals surface area contributed by atoms with Gasteiger partial charge in [0.05, 0.1) is 0 Å². The molecule has 0 amide bonds. The van der Waals surface area contributed by atoms with Gasteiger partial charge in [-0.3, -0.25) is 0 Å². The van der Waals surface area contributed by atoms with Crippen molar-refractivity contribution in [2.24, 2.45) is 5.92 Å². The molecule has 0 spiro atoms. The van der Waals surface area contributed by atoms with Crippen LogP contribution in [0.25, 0.3) is 0 Å². The van der Waals surface area contributed by atoms with Gasteiger partial charge in [-0.05, 0) is 12.3 Å². The predicted octanol–water partition coefficient (Wildman–Crippen LogP) is 4.21. The van der Waals surface area contributed by atoms with Crippen molar-refractivity contribution >= 4 is 0 Å². The quantitative estimate of drug-likeness (QED) is 0.483. The molecule has 0 nitrogen and oxygen atoms in total. The highest BCUT2D eigenvalue weighted by Gasteiger charge is 1.98. The number of hydrogen-bond donors (Lipinski definition) is 0. The molecule has 0 aromatic rings. The van der Waals surface area contributed by atoms with Gasteiger partial charge >= 0.3 is 0 Å². The molecule has 0 fully saturated rings. The Kier molecular flexibility index (Phi) is 8.10. The molecule has 0 aliphatic heterocycles. The van der Waals surface area contributed by atoms with Crippen LogP contribution in [0, 0.1) is 12.3 Å². The van der Waals surface area contributed by atoms with Crippen molar-refractivity contribution in [3.05, 3.63) is 6.42 Å². The average Bonchev–Trinajstić information content (AvgIpc) is 1.99. The molecule has 0 heterocycles. The minimum atomic E-state index is 0.949. The van der Waals surface area contributed by atoms with Crippen molar-refractivity contribution in [3.63, 3.8) is 0 Å². The summed E-state index contributed by atoms with van der Waals surface area (Å²) in [5, 5.41) is 0. The van der Waals surface area contributed by atoms with Crippen molar-refractivity contribution in [1.29, 1.82) is 0 Å². The van der Waals surface area contributed by atoms with Crippen molar-refractivity contribution < 1.29 is 0 Å². The number of hydrogen-bond acceptors (Lipinski definition) is 0. The van der Waals surface area contributed by atoms with E-state index in [1.165, 1.54) is 38.5 Å². The van der Waals surface area contributed by atoms with E-state index in [2.05, 4.69) is 27.2 Å². The van der Waals surface area contributed by atoms with E-state index in [1.54, 1.807) is 0 Å². The summed E-state index contributed by atoms with van der Waals surface area (Å²) in [7, 11) is 0. The second kappa shape index (κ2) is 8.10. The maximum absolute atomic E-state index is 2.39. The molecule has 0 aromatic carbocycles. The predicted molar refractivity (Wildman–Crippen MR) is 52.5 cm³/mol. The standard InChI is InChI=1S/C11H23/c1-4-6-7-8-10-11(3)9-5-2/h6,11H,4-5,7-10H2,1-3H3. The molecule has 11 heavy (non-hydrogen) atoms. The molecule has 0 saturated carbocycles. The summed E-state index contributed by atoms with van der Waals surface area (Å²) in [6, 6.07) is 0. The van der Waals surface area contributed by atoms with E-state index in [0.717, 1.165) is 5.92 Å². The Bertz CT molecular complexity index is 66.4. The first-order chi connectivity index (χ1) is 5.31. The van der Waals surface area contributed by atoms with Crippen LogP contribution < -0.4 is 0 Å². The molecule has 0 aliphatic carbocycles. The highest BCUT2D eigenvalue weighted by atomic mass is 14.0. The van der Waals surface area contributed by atoms with E-state index in [0.29, 0.717) is 0 Å². The van der Waals surface area contributed by atoms with E-state index < -0.39 is 0 Å². The summed E-state index contributed by atoms with van der Waals surface area (Å²) in [5.74, 6) is 0.949. The highest BCUT2D eigenvalue weighted by Crippen LogP contribution is 2.14. The van der Waals surface area contributed by atoms with Crippen LogP contribution in [0.3, 0.4) is 0 Å². The summed E-state index contributed by atoms with van der Waals surface area (Å²) in [4.78, 5) is 0. The van der Waals surface area contributed by atoms with Crippen LogP contribution in [0.2, 0.25) is 0 Å². The Morgan fingerprint density at radius 3 is 2.45 bits per heavy atom.